The second-order valence-electron chi connectivity index (χ2n) is 5.66. The van der Waals surface area contributed by atoms with Crippen LogP contribution in [-0.4, -0.2) is 36.7 Å². The van der Waals surface area contributed by atoms with E-state index in [9.17, 15) is 9.59 Å². The summed E-state index contributed by atoms with van der Waals surface area (Å²) in [6, 6.07) is 11.7. The van der Waals surface area contributed by atoms with Crippen LogP contribution in [0.5, 0.6) is 17.2 Å². The van der Waals surface area contributed by atoms with Crippen LogP contribution >= 0.6 is 0 Å². The molecule has 2 rings (SSSR count). The number of ketones is 1. The summed E-state index contributed by atoms with van der Waals surface area (Å²) in [5.41, 5.74) is 1.28. The van der Waals surface area contributed by atoms with Crippen molar-refractivity contribution in [1.29, 1.82) is 0 Å². The average molecular weight is 370 g/mol. The Morgan fingerprint density at radius 3 is 2.41 bits per heavy atom. The highest BCUT2D eigenvalue weighted by Gasteiger charge is 2.12. The fraction of sp³-hybridized carbons (Fsp3) is 0.238. The van der Waals surface area contributed by atoms with E-state index in [-0.39, 0.29) is 5.78 Å². The van der Waals surface area contributed by atoms with E-state index in [1.54, 1.807) is 49.6 Å². The molecule has 2 aromatic rings. The predicted octanol–water partition coefficient (Wildman–Crippen LogP) is 3.84. The molecule has 2 aromatic carbocycles. The Labute approximate surface area is 158 Å². The summed E-state index contributed by atoms with van der Waals surface area (Å²) in [7, 11) is 1.56. The van der Waals surface area contributed by atoms with Crippen molar-refractivity contribution >= 4 is 17.8 Å². The third kappa shape index (κ3) is 5.60. The van der Waals surface area contributed by atoms with Crippen LogP contribution in [0.4, 0.5) is 0 Å². The molecule has 27 heavy (non-hydrogen) atoms. The number of rotatable bonds is 9. The minimum Gasteiger partial charge on any atom is -0.493 e. The van der Waals surface area contributed by atoms with Gasteiger partial charge in [0.15, 0.2) is 23.4 Å². The number of allylic oxidation sites excluding steroid dienone is 1. The zero-order valence-corrected chi connectivity index (χ0v) is 15.5. The van der Waals surface area contributed by atoms with Crippen LogP contribution < -0.4 is 14.2 Å². The van der Waals surface area contributed by atoms with Gasteiger partial charge in [-0.25, -0.2) is 4.79 Å². The maximum Gasteiger partial charge on any atom is 0.344 e. The van der Waals surface area contributed by atoms with Gasteiger partial charge in [0.2, 0.25) is 0 Å². The average Bonchev–Trinajstić information content (AvgIpc) is 2.67. The Hall–Kier alpha value is -3.28. The van der Waals surface area contributed by atoms with E-state index in [0.29, 0.717) is 29.4 Å². The molecular weight excluding hydrogens is 348 g/mol. The van der Waals surface area contributed by atoms with Crippen molar-refractivity contribution in [1.82, 2.24) is 0 Å². The van der Waals surface area contributed by atoms with Gasteiger partial charge >= 0.3 is 5.97 Å². The van der Waals surface area contributed by atoms with Gasteiger partial charge in [0.05, 0.1) is 13.7 Å². The minimum atomic E-state index is -1.05. The summed E-state index contributed by atoms with van der Waals surface area (Å²) in [5.74, 6) is 0.404. The molecular formula is C21H22O6. The van der Waals surface area contributed by atoms with Gasteiger partial charge in [-0.15, -0.1) is 0 Å². The zero-order valence-electron chi connectivity index (χ0n) is 15.5. The predicted molar refractivity (Wildman–Crippen MR) is 102 cm³/mol. The van der Waals surface area contributed by atoms with Crippen LogP contribution in [0, 0.1) is 0 Å². The molecule has 0 heterocycles. The number of carboxylic acid groups (broad SMARTS) is 1. The fourth-order valence-corrected chi connectivity index (χ4v) is 2.28. The molecule has 0 bridgehead atoms. The van der Waals surface area contributed by atoms with Gasteiger partial charge in [0, 0.05) is 5.56 Å². The van der Waals surface area contributed by atoms with Crippen LogP contribution in [0.2, 0.25) is 0 Å². The molecule has 0 aliphatic rings. The van der Waals surface area contributed by atoms with Gasteiger partial charge < -0.3 is 19.3 Å². The number of hydrogen-bond acceptors (Lipinski definition) is 5. The Morgan fingerprint density at radius 1 is 1.11 bits per heavy atom. The quantitative estimate of drug-likeness (QED) is 0.533. The lowest BCUT2D eigenvalue weighted by atomic mass is 10.1. The number of hydrogen-bond donors (Lipinski definition) is 1. The molecule has 0 aromatic heterocycles. The lowest BCUT2D eigenvalue weighted by Crippen LogP contribution is -2.22. The maximum absolute atomic E-state index is 12.3. The first-order chi connectivity index (χ1) is 12.9. The standard InChI is InChI=1S/C21H22O6/c1-4-26-19-12-6-15(13-20(19)25-3)5-11-18(22)16-7-9-17(10-8-16)27-14(2)21(23)24/h5-14H,4H2,1-3H3,(H,23,24)/b11-5+. The van der Waals surface area contributed by atoms with Crippen LogP contribution in [0.25, 0.3) is 6.08 Å². The zero-order chi connectivity index (χ0) is 19.8. The third-order valence-electron chi connectivity index (χ3n) is 3.71. The molecule has 0 fully saturated rings. The lowest BCUT2D eigenvalue weighted by Gasteiger charge is -2.10. The molecule has 0 saturated carbocycles. The highest BCUT2D eigenvalue weighted by Crippen LogP contribution is 2.28. The van der Waals surface area contributed by atoms with Crippen molar-refractivity contribution < 1.29 is 28.9 Å². The van der Waals surface area contributed by atoms with Crippen LogP contribution in [0.1, 0.15) is 29.8 Å². The van der Waals surface area contributed by atoms with Gasteiger partial charge in [-0.05, 0) is 61.9 Å². The highest BCUT2D eigenvalue weighted by atomic mass is 16.5. The fourth-order valence-electron chi connectivity index (χ4n) is 2.28. The first-order valence-corrected chi connectivity index (χ1v) is 8.47. The molecule has 0 saturated heterocycles. The normalized spacial score (nSPS) is 11.8. The lowest BCUT2D eigenvalue weighted by molar-refractivity contribution is -0.144. The Balaban J connectivity index is 2.07. The van der Waals surface area contributed by atoms with E-state index >= 15 is 0 Å². The maximum atomic E-state index is 12.3. The van der Waals surface area contributed by atoms with Crippen molar-refractivity contribution in [3.8, 4) is 17.2 Å². The van der Waals surface area contributed by atoms with E-state index in [2.05, 4.69) is 0 Å². The SMILES string of the molecule is CCOc1ccc(/C=C/C(=O)c2ccc(OC(C)C(=O)O)cc2)cc1OC. The topological polar surface area (TPSA) is 82.1 Å². The van der Waals surface area contributed by atoms with E-state index < -0.39 is 12.1 Å². The first kappa shape index (κ1) is 20.0. The number of carbonyl (C=O) groups is 2. The summed E-state index contributed by atoms with van der Waals surface area (Å²) in [6.45, 7) is 3.87. The van der Waals surface area contributed by atoms with E-state index in [0.717, 1.165) is 5.56 Å². The Bertz CT molecular complexity index is 823. The van der Waals surface area contributed by atoms with Gasteiger partial charge in [0.25, 0.3) is 0 Å². The Morgan fingerprint density at radius 2 is 1.81 bits per heavy atom. The molecule has 1 N–H and O–H groups in total. The van der Waals surface area contributed by atoms with Gasteiger partial charge in [-0.3, -0.25) is 4.79 Å². The van der Waals surface area contributed by atoms with Gasteiger partial charge in [0.1, 0.15) is 5.75 Å². The smallest absolute Gasteiger partial charge is 0.344 e. The van der Waals surface area contributed by atoms with Crippen LogP contribution in [0.3, 0.4) is 0 Å². The van der Waals surface area contributed by atoms with Crippen molar-refractivity contribution in [3.63, 3.8) is 0 Å². The first-order valence-electron chi connectivity index (χ1n) is 8.47. The molecule has 0 spiro atoms. The number of ether oxygens (including phenoxy) is 3. The Kier molecular flexibility index (Phi) is 7.00. The molecule has 142 valence electrons. The number of aliphatic carboxylic acids is 1. The summed E-state index contributed by atoms with van der Waals surface area (Å²) < 4.78 is 16.0. The molecule has 0 radical (unpaired) electrons. The summed E-state index contributed by atoms with van der Waals surface area (Å²) in [4.78, 5) is 23.1. The third-order valence-corrected chi connectivity index (χ3v) is 3.71. The van der Waals surface area contributed by atoms with Gasteiger partial charge in [-0.2, -0.15) is 0 Å². The van der Waals surface area contributed by atoms with Crippen molar-refractivity contribution in [2.24, 2.45) is 0 Å². The number of carboxylic acids is 1. The molecule has 0 amide bonds. The minimum absolute atomic E-state index is 0.180. The summed E-state index contributed by atoms with van der Waals surface area (Å²) in [5, 5.41) is 8.84. The number of methoxy groups -OCH3 is 1. The molecule has 0 aliphatic heterocycles. The van der Waals surface area contributed by atoms with Gasteiger partial charge in [-0.1, -0.05) is 12.1 Å². The van der Waals surface area contributed by atoms with Crippen molar-refractivity contribution in [3.05, 3.63) is 59.7 Å². The van der Waals surface area contributed by atoms with E-state index in [4.69, 9.17) is 19.3 Å². The molecule has 6 heteroatoms. The second-order valence-corrected chi connectivity index (χ2v) is 5.66. The molecule has 1 unspecified atom stereocenters. The van der Waals surface area contributed by atoms with Crippen LogP contribution in [-0.2, 0) is 4.79 Å². The number of carbonyl (C=O) groups excluding carboxylic acids is 1. The highest BCUT2D eigenvalue weighted by molar-refractivity contribution is 6.06. The summed E-state index contributed by atoms with van der Waals surface area (Å²) in [6.07, 6.45) is 2.20. The summed E-state index contributed by atoms with van der Waals surface area (Å²) >= 11 is 0. The van der Waals surface area contributed by atoms with E-state index in [1.807, 2.05) is 13.0 Å². The number of benzene rings is 2. The second kappa shape index (κ2) is 9.43. The molecule has 6 nitrogen and oxygen atoms in total. The monoisotopic (exact) mass is 370 g/mol. The van der Waals surface area contributed by atoms with Crippen molar-refractivity contribution in [2.75, 3.05) is 13.7 Å². The molecule has 0 aliphatic carbocycles. The molecule has 1 atom stereocenters. The van der Waals surface area contributed by atoms with E-state index in [1.165, 1.54) is 13.0 Å². The van der Waals surface area contributed by atoms with Crippen molar-refractivity contribution in [2.45, 2.75) is 20.0 Å². The van der Waals surface area contributed by atoms with Crippen LogP contribution in [0.15, 0.2) is 48.5 Å². The largest absolute Gasteiger partial charge is 0.493 e.